The van der Waals surface area contributed by atoms with Crippen molar-refractivity contribution < 1.29 is 16.8 Å². The van der Waals surface area contributed by atoms with Gasteiger partial charge >= 0.3 is 0 Å². The van der Waals surface area contributed by atoms with Crippen molar-refractivity contribution in [2.24, 2.45) is 5.14 Å². The molecule has 2 aromatic carbocycles. The topological polar surface area (TPSA) is 132 Å². The molecule has 0 saturated carbocycles. The predicted molar refractivity (Wildman–Crippen MR) is 86.0 cm³/mol. The van der Waals surface area contributed by atoms with Gasteiger partial charge in [-0.05, 0) is 30.3 Å². The van der Waals surface area contributed by atoms with Gasteiger partial charge in [0.2, 0.25) is 10.0 Å². The Morgan fingerprint density at radius 3 is 2.48 bits per heavy atom. The molecule has 1 heterocycles. The minimum atomic E-state index is -3.95. The van der Waals surface area contributed by atoms with Crippen LogP contribution in [-0.4, -0.2) is 25.6 Å². The second-order valence-electron chi connectivity index (χ2n) is 4.57. The Balaban J connectivity index is 2.04. The fraction of sp³-hybridized carbons (Fsp3) is 0. The molecule has 8 nitrogen and oxygen atoms in total. The van der Waals surface area contributed by atoms with Crippen LogP contribution in [0.4, 0.5) is 5.69 Å². The quantitative estimate of drug-likeness (QED) is 0.708. The van der Waals surface area contributed by atoms with E-state index in [1.165, 1.54) is 24.3 Å². The average molecular weight is 370 g/mol. The fourth-order valence-corrected chi connectivity index (χ4v) is 4.32. The minimum absolute atomic E-state index is 0.0373. The largest absolute Gasteiger partial charge is 0.280 e. The van der Waals surface area contributed by atoms with Crippen LogP contribution >= 0.6 is 11.7 Å². The van der Waals surface area contributed by atoms with Crippen LogP contribution in [0.2, 0.25) is 0 Å². The third-order valence-corrected chi connectivity index (χ3v) is 5.82. The molecule has 3 rings (SSSR count). The highest BCUT2D eigenvalue weighted by atomic mass is 32.2. The lowest BCUT2D eigenvalue weighted by Crippen LogP contribution is -2.15. The number of benzene rings is 2. The van der Waals surface area contributed by atoms with Crippen molar-refractivity contribution in [2.75, 3.05) is 4.72 Å². The second-order valence-corrected chi connectivity index (χ2v) is 8.31. The molecule has 120 valence electrons. The van der Waals surface area contributed by atoms with Crippen LogP contribution in [0.15, 0.2) is 52.3 Å². The first-order valence-corrected chi connectivity index (χ1v) is 9.90. The molecule has 0 radical (unpaired) electrons. The number of hydrogen-bond acceptors (Lipinski definition) is 7. The number of sulfonamides is 2. The van der Waals surface area contributed by atoms with Crippen molar-refractivity contribution >= 4 is 48.5 Å². The van der Waals surface area contributed by atoms with Crippen molar-refractivity contribution in [3.63, 3.8) is 0 Å². The molecule has 3 aromatic rings. The zero-order valence-corrected chi connectivity index (χ0v) is 13.8. The molecule has 0 atom stereocenters. The van der Waals surface area contributed by atoms with E-state index in [-0.39, 0.29) is 21.0 Å². The van der Waals surface area contributed by atoms with Gasteiger partial charge in [-0.2, -0.15) is 8.75 Å². The zero-order chi connectivity index (χ0) is 16.7. The van der Waals surface area contributed by atoms with E-state index in [1.54, 1.807) is 12.1 Å². The molecule has 0 unspecified atom stereocenters. The van der Waals surface area contributed by atoms with Gasteiger partial charge in [0.05, 0.1) is 22.3 Å². The van der Waals surface area contributed by atoms with Crippen molar-refractivity contribution in [3.8, 4) is 0 Å². The fourth-order valence-electron chi connectivity index (χ4n) is 1.94. The number of hydrogen-bond donors (Lipinski definition) is 2. The Kier molecular flexibility index (Phi) is 3.80. The maximum absolute atomic E-state index is 12.5. The summed E-state index contributed by atoms with van der Waals surface area (Å²) in [7, 11) is -7.88. The molecule has 0 aliphatic heterocycles. The summed E-state index contributed by atoms with van der Waals surface area (Å²) in [6.45, 7) is 0. The summed E-state index contributed by atoms with van der Waals surface area (Å²) >= 11 is 0.907. The Hall–Kier alpha value is -2.08. The summed E-state index contributed by atoms with van der Waals surface area (Å²) in [6, 6.07) is 9.84. The SMILES string of the molecule is NS(=O)(=O)c1cccc(NS(=O)(=O)c2cccc3nsnc23)c1. The highest BCUT2D eigenvalue weighted by Crippen LogP contribution is 2.24. The first-order chi connectivity index (χ1) is 10.8. The van der Waals surface area contributed by atoms with Gasteiger partial charge in [-0.1, -0.05) is 12.1 Å². The Morgan fingerprint density at radius 1 is 1.00 bits per heavy atom. The molecule has 0 bridgehead atoms. The summed E-state index contributed by atoms with van der Waals surface area (Å²) in [5.41, 5.74) is 0.806. The van der Waals surface area contributed by atoms with Gasteiger partial charge in [0.25, 0.3) is 10.0 Å². The van der Waals surface area contributed by atoms with Gasteiger partial charge in [0.15, 0.2) is 0 Å². The summed E-state index contributed by atoms with van der Waals surface area (Å²) in [5, 5.41) is 5.04. The van der Waals surface area contributed by atoms with E-state index in [4.69, 9.17) is 5.14 Å². The van der Waals surface area contributed by atoms with Crippen molar-refractivity contribution in [2.45, 2.75) is 9.79 Å². The molecule has 0 aliphatic rings. The summed E-state index contributed by atoms with van der Waals surface area (Å²) in [4.78, 5) is -0.226. The van der Waals surface area contributed by atoms with Crippen LogP contribution in [-0.2, 0) is 20.0 Å². The Morgan fingerprint density at radius 2 is 1.74 bits per heavy atom. The number of rotatable bonds is 4. The maximum atomic E-state index is 12.5. The highest BCUT2D eigenvalue weighted by Gasteiger charge is 2.20. The smallest absolute Gasteiger partial charge is 0.264 e. The van der Waals surface area contributed by atoms with E-state index < -0.39 is 20.0 Å². The molecule has 0 fully saturated rings. The number of fused-ring (bicyclic) bond motifs is 1. The van der Waals surface area contributed by atoms with E-state index >= 15 is 0 Å². The first kappa shape index (κ1) is 15.8. The molecular weight excluding hydrogens is 360 g/mol. The van der Waals surface area contributed by atoms with Gasteiger partial charge in [-0.25, -0.2) is 22.0 Å². The van der Waals surface area contributed by atoms with Gasteiger partial charge in [-0.15, -0.1) is 0 Å². The second kappa shape index (κ2) is 5.53. The molecular formula is C12H10N4O4S3. The van der Waals surface area contributed by atoms with Crippen LogP contribution in [0.3, 0.4) is 0 Å². The van der Waals surface area contributed by atoms with Crippen molar-refractivity contribution in [3.05, 3.63) is 42.5 Å². The van der Waals surface area contributed by atoms with Gasteiger partial charge in [-0.3, -0.25) is 4.72 Å². The molecule has 23 heavy (non-hydrogen) atoms. The molecule has 0 saturated heterocycles. The van der Waals surface area contributed by atoms with E-state index in [9.17, 15) is 16.8 Å². The van der Waals surface area contributed by atoms with Crippen LogP contribution in [0.25, 0.3) is 11.0 Å². The molecule has 1 aromatic heterocycles. The molecule has 0 amide bonds. The molecule has 0 aliphatic carbocycles. The summed E-state index contributed by atoms with van der Waals surface area (Å²) in [5.74, 6) is 0. The van der Waals surface area contributed by atoms with Crippen LogP contribution < -0.4 is 9.86 Å². The third-order valence-electron chi connectivity index (χ3n) is 2.95. The minimum Gasteiger partial charge on any atom is -0.280 e. The number of nitrogens with one attached hydrogen (secondary N) is 1. The van der Waals surface area contributed by atoms with Crippen molar-refractivity contribution in [1.29, 1.82) is 0 Å². The van der Waals surface area contributed by atoms with Gasteiger partial charge < -0.3 is 0 Å². The predicted octanol–water partition coefficient (Wildman–Crippen LogP) is 1.14. The van der Waals surface area contributed by atoms with E-state index in [2.05, 4.69) is 13.5 Å². The molecule has 3 N–H and O–H groups in total. The number of nitrogens with zero attached hydrogens (tertiary/aromatic N) is 2. The Bertz CT molecular complexity index is 1090. The third kappa shape index (κ3) is 3.17. The van der Waals surface area contributed by atoms with Gasteiger partial charge in [0, 0.05) is 0 Å². The number of primary sulfonamides is 1. The average Bonchev–Trinajstić information content (AvgIpc) is 2.94. The van der Waals surface area contributed by atoms with Crippen LogP contribution in [0.1, 0.15) is 0 Å². The summed E-state index contributed by atoms with van der Waals surface area (Å²) < 4.78 is 58.0. The zero-order valence-electron chi connectivity index (χ0n) is 11.4. The van der Waals surface area contributed by atoms with Crippen LogP contribution in [0, 0.1) is 0 Å². The van der Waals surface area contributed by atoms with Crippen molar-refractivity contribution in [1.82, 2.24) is 8.75 Å². The first-order valence-electron chi connectivity index (χ1n) is 6.14. The number of nitrogens with two attached hydrogens (primary N) is 1. The van der Waals surface area contributed by atoms with E-state index in [0.29, 0.717) is 5.52 Å². The standard InChI is InChI=1S/C12H10N4O4S3/c13-22(17,18)9-4-1-3-8(7-9)16-23(19,20)11-6-2-5-10-12(11)15-21-14-10/h1-7,16H,(H2,13,17,18). The monoisotopic (exact) mass is 370 g/mol. The Labute approximate surface area is 136 Å². The van der Waals surface area contributed by atoms with E-state index in [1.807, 2.05) is 0 Å². The lowest BCUT2D eigenvalue weighted by Gasteiger charge is -2.09. The lowest BCUT2D eigenvalue weighted by molar-refractivity contribution is 0.596. The summed E-state index contributed by atoms with van der Waals surface area (Å²) in [6.07, 6.45) is 0. The van der Waals surface area contributed by atoms with E-state index in [0.717, 1.165) is 17.8 Å². The number of aromatic nitrogens is 2. The normalized spacial score (nSPS) is 12.4. The molecule has 11 heteroatoms. The number of anilines is 1. The highest BCUT2D eigenvalue weighted by molar-refractivity contribution is 7.93. The molecule has 0 spiro atoms. The lowest BCUT2D eigenvalue weighted by atomic mass is 10.3. The maximum Gasteiger partial charge on any atom is 0.264 e. The van der Waals surface area contributed by atoms with Gasteiger partial charge in [0.1, 0.15) is 15.9 Å². The van der Waals surface area contributed by atoms with Crippen LogP contribution in [0.5, 0.6) is 0 Å².